The maximum atomic E-state index is 12.5. The van der Waals surface area contributed by atoms with Crippen molar-refractivity contribution in [3.05, 3.63) is 0 Å². The minimum absolute atomic E-state index is 0.0103. The summed E-state index contributed by atoms with van der Waals surface area (Å²) in [4.78, 5) is 48.9. The summed E-state index contributed by atoms with van der Waals surface area (Å²) < 4.78 is 31.7. The van der Waals surface area contributed by atoms with Crippen LogP contribution < -0.4 is 11.1 Å². The van der Waals surface area contributed by atoms with Crippen molar-refractivity contribution in [3.63, 3.8) is 0 Å². The van der Waals surface area contributed by atoms with Gasteiger partial charge in [0.2, 0.25) is 5.91 Å². The van der Waals surface area contributed by atoms with Gasteiger partial charge >= 0.3 is 18.2 Å². The number of nitrogens with one attached hydrogen (secondary N) is 1. The highest BCUT2D eigenvalue weighted by Crippen LogP contribution is 2.35. The molecule has 0 bridgehead atoms. The Morgan fingerprint density at radius 3 is 2.33 bits per heavy atom. The fraction of sp³-hybridized carbons (Fsp3) is 0.778. The molecule has 2 saturated heterocycles. The van der Waals surface area contributed by atoms with E-state index < -0.39 is 17.7 Å². The topological polar surface area (TPSA) is 133 Å². The number of amides is 4. The predicted molar refractivity (Wildman–Crippen MR) is 98.1 cm³/mol. The van der Waals surface area contributed by atoms with Gasteiger partial charge in [0, 0.05) is 26.1 Å². The number of rotatable bonds is 4. The lowest BCUT2D eigenvalue weighted by Crippen LogP contribution is -2.45. The van der Waals surface area contributed by atoms with Crippen molar-refractivity contribution in [1.82, 2.24) is 15.1 Å². The molecule has 4 N–H and O–H groups in total. The fourth-order valence-corrected chi connectivity index (χ4v) is 4.05. The number of urea groups is 1. The Hall–Kier alpha value is -2.37. The molecule has 1 saturated carbocycles. The molecule has 4 amide bonds. The van der Waals surface area contributed by atoms with Gasteiger partial charge in [-0.3, -0.25) is 14.5 Å². The molecule has 0 aromatic carbocycles. The Kier molecular flexibility index (Phi) is 7.67. The molecule has 3 rings (SSSR count). The molecule has 2 aliphatic heterocycles. The van der Waals surface area contributed by atoms with E-state index in [1.165, 1.54) is 4.90 Å². The molecular weight excluding hydrogens is 409 g/mol. The number of carboxylic acids is 1. The molecule has 2 heterocycles. The average Bonchev–Trinajstić information content (AvgIpc) is 3.25. The summed E-state index contributed by atoms with van der Waals surface area (Å²) >= 11 is 0. The van der Waals surface area contributed by atoms with Gasteiger partial charge in [-0.2, -0.15) is 13.2 Å². The van der Waals surface area contributed by atoms with Crippen LogP contribution in [-0.2, 0) is 14.4 Å². The highest BCUT2D eigenvalue weighted by atomic mass is 19.4. The lowest BCUT2D eigenvalue weighted by Gasteiger charge is -2.32. The summed E-state index contributed by atoms with van der Waals surface area (Å²) in [5, 5.41) is 9.97. The number of piperidine rings is 1. The van der Waals surface area contributed by atoms with Crippen molar-refractivity contribution < 1.29 is 37.5 Å². The zero-order valence-electron chi connectivity index (χ0n) is 16.5. The van der Waals surface area contributed by atoms with Crippen LogP contribution in [-0.4, -0.2) is 76.6 Å². The lowest BCUT2D eigenvalue weighted by molar-refractivity contribution is -0.192. The van der Waals surface area contributed by atoms with E-state index in [9.17, 15) is 27.6 Å². The first-order valence-electron chi connectivity index (χ1n) is 9.92. The van der Waals surface area contributed by atoms with Gasteiger partial charge < -0.3 is 21.1 Å². The first-order valence-corrected chi connectivity index (χ1v) is 9.92. The summed E-state index contributed by atoms with van der Waals surface area (Å²) in [6.45, 7) is 2.22. The predicted octanol–water partition coefficient (Wildman–Crippen LogP) is 1.07. The Morgan fingerprint density at radius 1 is 1.20 bits per heavy atom. The quantitative estimate of drug-likeness (QED) is 0.565. The second-order valence-electron chi connectivity index (χ2n) is 7.81. The van der Waals surface area contributed by atoms with Crippen LogP contribution in [0.5, 0.6) is 0 Å². The molecule has 3 aliphatic rings. The van der Waals surface area contributed by atoms with Crippen molar-refractivity contribution in [2.45, 2.75) is 56.7 Å². The summed E-state index contributed by atoms with van der Waals surface area (Å²) in [7, 11) is 0. The molecule has 9 nitrogen and oxygen atoms in total. The molecule has 1 aliphatic carbocycles. The van der Waals surface area contributed by atoms with Crippen LogP contribution in [0.3, 0.4) is 0 Å². The van der Waals surface area contributed by atoms with Crippen molar-refractivity contribution in [3.8, 4) is 0 Å². The Labute approximate surface area is 171 Å². The number of nitrogens with two attached hydrogens (primary N) is 1. The van der Waals surface area contributed by atoms with Crippen LogP contribution in [0.1, 0.15) is 44.9 Å². The number of halogens is 3. The Balaban J connectivity index is 0.000000396. The zero-order valence-corrected chi connectivity index (χ0v) is 16.5. The number of imide groups is 1. The van der Waals surface area contributed by atoms with Crippen molar-refractivity contribution in [2.24, 2.45) is 11.7 Å². The molecule has 0 aromatic heterocycles. The summed E-state index contributed by atoms with van der Waals surface area (Å²) in [6.07, 6.45) is 0.515. The van der Waals surface area contributed by atoms with Crippen molar-refractivity contribution in [2.75, 3.05) is 26.2 Å². The van der Waals surface area contributed by atoms with E-state index in [-0.39, 0.29) is 30.8 Å². The van der Waals surface area contributed by atoms with Crippen LogP contribution in [0.4, 0.5) is 18.0 Å². The number of aliphatic carboxylic acids is 1. The number of carboxylic acid groups (broad SMARTS) is 1. The van der Waals surface area contributed by atoms with Crippen LogP contribution in [0.25, 0.3) is 0 Å². The summed E-state index contributed by atoms with van der Waals surface area (Å²) in [5.74, 6) is -2.53. The number of carbonyl (C=O) groups is 4. The number of hydrogen-bond acceptors (Lipinski definition) is 5. The molecule has 3 fully saturated rings. The molecule has 12 heteroatoms. The number of likely N-dealkylation sites (tertiary alicyclic amines) is 1. The molecule has 1 spiro atoms. The van der Waals surface area contributed by atoms with Crippen molar-refractivity contribution in [1.29, 1.82) is 0 Å². The van der Waals surface area contributed by atoms with Gasteiger partial charge in [0.1, 0.15) is 5.54 Å². The molecule has 0 aromatic rings. The molecule has 30 heavy (non-hydrogen) atoms. The van der Waals surface area contributed by atoms with Gasteiger partial charge in [-0.15, -0.1) is 0 Å². The van der Waals surface area contributed by atoms with Crippen LogP contribution in [0, 0.1) is 5.92 Å². The number of nitrogens with zero attached hydrogens (tertiary/aromatic N) is 2. The fourth-order valence-electron chi connectivity index (χ4n) is 4.05. The normalized spacial score (nSPS) is 23.3. The minimum Gasteiger partial charge on any atom is -0.475 e. The Bertz CT molecular complexity index is 679. The monoisotopic (exact) mass is 436 g/mol. The molecule has 0 radical (unpaired) electrons. The second-order valence-corrected chi connectivity index (χ2v) is 7.81. The van der Waals surface area contributed by atoms with Gasteiger partial charge in [0.05, 0.1) is 0 Å². The van der Waals surface area contributed by atoms with E-state index in [0.717, 1.165) is 32.2 Å². The van der Waals surface area contributed by atoms with Gasteiger partial charge in [-0.1, -0.05) is 12.8 Å². The molecule has 1 atom stereocenters. The first-order chi connectivity index (χ1) is 14.0. The number of alkyl halides is 3. The largest absolute Gasteiger partial charge is 0.490 e. The third-order valence-corrected chi connectivity index (χ3v) is 5.70. The van der Waals surface area contributed by atoms with Crippen LogP contribution in [0.2, 0.25) is 0 Å². The zero-order chi connectivity index (χ0) is 22.5. The van der Waals surface area contributed by atoms with E-state index in [2.05, 4.69) is 5.32 Å². The highest BCUT2D eigenvalue weighted by molar-refractivity contribution is 6.07. The van der Waals surface area contributed by atoms with E-state index >= 15 is 0 Å². The molecule has 170 valence electrons. The number of carbonyl (C=O) groups excluding carboxylic acids is 3. The smallest absolute Gasteiger partial charge is 0.475 e. The lowest BCUT2D eigenvalue weighted by atomic mass is 9.97. The first kappa shape index (κ1) is 23.9. The van der Waals surface area contributed by atoms with Gasteiger partial charge in [0.25, 0.3) is 5.91 Å². The maximum absolute atomic E-state index is 12.5. The van der Waals surface area contributed by atoms with Gasteiger partial charge in [-0.25, -0.2) is 9.59 Å². The van der Waals surface area contributed by atoms with E-state index in [1.807, 2.05) is 4.90 Å². The van der Waals surface area contributed by atoms with E-state index in [0.29, 0.717) is 31.8 Å². The highest BCUT2D eigenvalue weighted by Gasteiger charge is 2.52. The van der Waals surface area contributed by atoms with Crippen molar-refractivity contribution >= 4 is 23.8 Å². The molecule has 0 unspecified atom stereocenters. The SMILES string of the molecule is NC[C@@H]1CCCN(C(=O)CCN2C(=O)NC3(CCCC3)C2=O)C1.O=C(O)C(F)(F)F. The summed E-state index contributed by atoms with van der Waals surface area (Å²) in [5.41, 5.74) is 5.01. The third-order valence-electron chi connectivity index (χ3n) is 5.70. The molecular formula is C18H27F3N4O5. The third kappa shape index (κ3) is 5.61. The minimum atomic E-state index is -5.08. The number of hydrogen-bond donors (Lipinski definition) is 3. The van der Waals surface area contributed by atoms with Crippen LogP contribution in [0.15, 0.2) is 0 Å². The maximum Gasteiger partial charge on any atom is 0.490 e. The van der Waals surface area contributed by atoms with E-state index in [4.69, 9.17) is 15.6 Å². The second kappa shape index (κ2) is 9.63. The summed E-state index contributed by atoms with van der Waals surface area (Å²) in [6, 6.07) is -0.344. The Morgan fingerprint density at radius 2 is 1.80 bits per heavy atom. The van der Waals surface area contributed by atoms with Gasteiger partial charge in [0.15, 0.2) is 0 Å². The van der Waals surface area contributed by atoms with Gasteiger partial charge in [-0.05, 0) is 38.1 Å². The van der Waals surface area contributed by atoms with E-state index in [1.54, 1.807) is 0 Å². The standard InChI is InChI=1S/C16H26N4O3.C2HF3O2/c17-10-12-4-3-8-19(11-12)13(21)5-9-20-14(22)16(18-15(20)23)6-1-2-7-16;3-2(4,5)1(6)7/h12H,1-11,17H2,(H,18,23);(H,6,7)/t12-;/m0./s1. The average molecular weight is 436 g/mol. The van der Waals surface area contributed by atoms with Crippen LogP contribution >= 0.6 is 0 Å².